The summed E-state index contributed by atoms with van der Waals surface area (Å²) in [6.45, 7) is 2.48. The molecule has 0 radical (unpaired) electrons. The Balaban J connectivity index is 1.86. The molecule has 0 spiro atoms. The van der Waals surface area contributed by atoms with E-state index in [-0.39, 0.29) is 0 Å². The largest absolute Gasteiger partial charge is 0.381 e. The van der Waals surface area contributed by atoms with Crippen LogP contribution in [0.25, 0.3) is 0 Å². The smallest absolute Gasteiger partial charge is 0.196 e. The van der Waals surface area contributed by atoms with E-state index >= 15 is 0 Å². The van der Waals surface area contributed by atoms with Gasteiger partial charge in [0.05, 0.1) is 19.2 Å². The van der Waals surface area contributed by atoms with Crippen LogP contribution >= 0.6 is 0 Å². The Morgan fingerprint density at radius 2 is 2.12 bits per heavy atom. The van der Waals surface area contributed by atoms with Gasteiger partial charge in [0.2, 0.25) is 0 Å². The Bertz CT molecular complexity index is 412. The van der Waals surface area contributed by atoms with Crippen molar-refractivity contribution in [3.63, 3.8) is 0 Å². The molecule has 2 atom stereocenters. The summed E-state index contributed by atoms with van der Waals surface area (Å²) < 4.78 is 5.47. The van der Waals surface area contributed by atoms with Crippen LogP contribution in [-0.2, 0) is 4.74 Å². The highest BCUT2D eigenvalue weighted by molar-refractivity contribution is 5.97. The normalized spacial score (nSPS) is 28.5. The fourth-order valence-corrected chi connectivity index (χ4v) is 2.64. The van der Waals surface area contributed by atoms with Crippen molar-refractivity contribution < 1.29 is 4.74 Å². The van der Waals surface area contributed by atoms with E-state index in [2.05, 4.69) is 22.0 Å². The Kier molecular flexibility index (Phi) is 2.73. The lowest BCUT2D eigenvalue weighted by Gasteiger charge is -2.29. The first-order valence-electron chi connectivity index (χ1n) is 6.08. The number of guanidine groups is 1. The second-order valence-corrected chi connectivity index (χ2v) is 4.60. The van der Waals surface area contributed by atoms with Crippen LogP contribution in [0, 0.1) is 5.92 Å². The zero-order valence-electron chi connectivity index (χ0n) is 9.75. The molecule has 2 aliphatic rings. The van der Waals surface area contributed by atoms with Gasteiger partial charge < -0.3 is 15.4 Å². The summed E-state index contributed by atoms with van der Waals surface area (Å²) in [5.74, 6) is 1.17. The molecule has 1 aromatic carbocycles. The van der Waals surface area contributed by atoms with Gasteiger partial charge in [-0.3, -0.25) is 4.99 Å². The number of ether oxygens (including phenoxy) is 1. The van der Waals surface area contributed by atoms with E-state index < -0.39 is 0 Å². The summed E-state index contributed by atoms with van der Waals surface area (Å²) in [6, 6.07) is 10.6. The molecule has 17 heavy (non-hydrogen) atoms. The Morgan fingerprint density at radius 1 is 1.29 bits per heavy atom. The molecule has 1 fully saturated rings. The van der Waals surface area contributed by atoms with Gasteiger partial charge in [-0.2, -0.15) is 0 Å². The third kappa shape index (κ3) is 1.89. The van der Waals surface area contributed by atoms with Crippen molar-refractivity contribution in [2.45, 2.75) is 12.5 Å². The zero-order chi connectivity index (χ0) is 11.7. The molecule has 1 aromatic rings. The summed E-state index contributed by atoms with van der Waals surface area (Å²) in [6.07, 6.45) is 1.11. The topological polar surface area (TPSA) is 50.9 Å². The molecule has 2 heterocycles. The lowest BCUT2D eigenvalue weighted by molar-refractivity contribution is 0.182. The second kappa shape index (κ2) is 4.37. The first-order chi connectivity index (χ1) is 8.36. The van der Waals surface area contributed by atoms with E-state index in [1.165, 1.54) is 0 Å². The van der Waals surface area contributed by atoms with Gasteiger partial charge >= 0.3 is 0 Å². The third-order valence-electron chi connectivity index (χ3n) is 3.56. The quantitative estimate of drug-likeness (QED) is 0.832. The molecule has 0 aliphatic carbocycles. The number of hydrogen-bond acceptors (Lipinski definition) is 4. The SMILES string of the molecule is NC1=NCC(C2CCOC2)N1c1ccccc1. The minimum atomic E-state index is 0.361. The average Bonchev–Trinajstić information content (AvgIpc) is 2.98. The van der Waals surface area contributed by atoms with Crippen LogP contribution in [-0.4, -0.2) is 31.8 Å². The average molecular weight is 231 g/mol. The summed E-state index contributed by atoms with van der Waals surface area (Å²) >= 11 is 0. The predicted molar refractivity (Wildman–Crippen MR) is 68.1 cm³/mol. The molecular formula is C13H17N3O. The van der Waals surface area contributed by atoms with Gasteiger partial charge in [0.1, 0.15) is 0 Å². The Labute approximate surface area is 101 Å². The molecule has 2 N–H and O–H groups in total. The monoisotopic (exact) mass is 231 g/mol. The van der Waals surface area contributed by atoms with Crippen molar-refractivity contribution in [1.82, 2.24) is 0 Å². The number of benzene rings is 1. The van der Waals surface area contributed by atoms with Crippen molar-refractivity contribution in [2.75, 3.05) is 24.7 Å². The first kappa shape index (κ1) is 10.6. The van der Waals surface area contributed by atoms with Crippen molar-refractivity contribution in [1.29, 1.82) is 0 Å². The molecule has 2 unspecified atom stereocenters. The van der Waals surface area contributed by atoms with Crippen LogP contribution < -0.4 is 10.6 Å². The molecule has 0 saturated carbocycles. The molecule has 2 aliphatic heterocycles. The van der Waals surface area contributed by atoms with Crippen molar-refractivity contribution in [3.8, 4) is 0 Å². The lowest BCUT2D eigenvalue weighted by atomic mass is 9.98. The fraction of sp³-hybridized carbons (Fsp3) is 0.462. The number of aliphatic imine (C=N–C) groups is 1. The highest BCUT2D eigenvalue weighted by atomic mass is 16.5. The van der Waals surface area contributed by atoms with Gasteiger partial charge in [0.15, 0.2) is 5.96 Å². The van der Waals surface area contributed by atoms with E-state index in [0.29, 0.717) is 17.9 Å². The molecule has 0 aromatic heterocycles. The summed E-state index contributed by atoms with van der Waals surface area (Å²) in [7, 11) is 0. The molecule has 0 bridgehead atoms. The van der Waals surface area contributed by atoms with E-state index in [4.69, 9.17) is 10.5 Å². The summed E-state index contributed by atoms with van der Waals surface area (Å²) in [4.78, 5) is 6.54. The predicted octanol–water partition coefficient (Wildman–Crippen LogP) is 1.23. The van der Waals surface area contributed by atoms with Crippen LogP contribution in [0.3, 0.4) is 0 Å². The van der Waals surface area contributed by atoms with Gasteiger partial charge in [-0.1, -0.05) is 18.2 Å². The van der Waals surface area contributed by atoms with E-state index in [1.807, 2.05) is 18.2 Å². The number of hydrogen-bond donors (Lipinski definition) is 1. The molecule has 3 rings (SSSR count). The minimum Gasteiger partial charge on any atom is -0.381 e. The van der Waals surface area contributed by atoms with Crippen LogP contribution in [0.1, 0.15) is 6.42 Å². The zero-order valence-corrected chi connectivity index (χ0v) is 9.75. The number of para-hydroxylation sites is 1. The second-order valence-electron chi connectivity index (χ2n) is 4.60. The van der Waals surface area contributed by atoms with Gasteiger partial charge in [-0.25, -0.2) is 0 Å². The van der Waals surface area contributed by atoms with Crippen molar-refractivity contribution in [3.05, 3.63) is 30.3 Å². The number of rotatable bonds is 2. The maximum Gasteiger partial charge on any atom is 0.196 e. The molecule has 0 amide bonds. The highest BCUT2D eigenvalue weighted by Crippen LogP contribution is 2.28. The Morgan fingerprint density at radius 3 is 2.82 bits per heavy atom. The standard InChI is InChI=1S/C13H17N3O/c14-13-15-8-12(10-6-7-17-9-10)16(13)11-4-2-1-3-5-11/h1-5,10,12H,6-9H2,(H2,14,15). The molecular weight excluding hydrogens is 214 g/mol. The number of nitrogens with zero attached hydrogens (tertiary/aromatic N) is 2. The van der Waals surface area contributed by atoms with Crippen molar-refractivity contribution in [2.24, 2.45) is 16.6 Å². The van der Waals surface area contributed by atoms with Crippen LogP contribution in [0.15, 0.2) is 35.3 Å². The van der Waals surface area contributed by atoms with Crippen LogP contribution in [0.4, 0.5) is 5.69 Å². The van der Waals surface area contributed by atoms with E-state index in [0.717, 1.165) is 31.9 Å². The van der Waals surface area contributed by atoms with Gasteiger partial charge in [0.25, 0.3) is 0 Å². The third-order valence-corrected chi connectivity index (χ3v) is 3.56. The molecule has 4 nitrogen and oxygen atoms in total. The first-order valence-corrected chi connectivity index (χ1v) is 6.08. The van der Waals surface area contributed by atoms with E-state index in [9.17, 15) is 0 Å². The maximum absolute atomic E-state index is 6.00. The highest BCUT2D eigenvalue weighted by Gasteiger charge is 2.35. The van der Waals surface area contributed by atoms with Gasteiger partial charge in [-0.05, 0) is 18.6 Å². The lowest BCUT2D eigenvalue weighted by Crippen LogP contribution is -2.45. The molecule has 90 valence electrons. The van der Waals surface area contributed by atoms with Crippen molar-refractivity contribution >= 4 is 11.6 Å². The van der Waals surface area contributed by atoms with Gasteiger partial charge in [0, 0.05) is 18.2 Å². The van der Waals surface area contributed by atoms with Gasteiger partial charge in [-0.15, -0.1) is 0 Å². The summed E-state index contributed by atoms with van der Waals surface area (Å²) in [5.41, 5.74) is 7.13. The Hall–Kier alpha value is -1.55. The summed E-state index contributed by atoms with van der Waals surface area (Å²) in [5, 5.41) is 0. The fourth-order valence-electron chi connectivity index (χ4n) is 2.64. The van der Waals surface area contributed by atoms with Crippen LogP contribution in [0.5, 0.6) is 0 Å². The number of anilines is 1. The minimum absolute atomic E-state index is 0.361. The van der Waals surface area contributed by atoms with E-state index in [1.54, 1.807) is 0 Å². The number of nitrogens with two attached hydrogens (primary N) is 1. The van der Waals surface area contributed by atoms with Crippen LogP contribution in [0.2, 0.25) is 0 Å². The maximum atomic E-state index is 6.00. The molecule has 1 saturated heterocycles. The molecule has 4 heteroatoms.